The van der Waals surface area contributed by atoms with E-state index in [0.717, 1.165) is 56.1 Å². The monoisotopic (exact) mass is 348 g/mol. The van der Waals surface area contributed by atoms with Gasteiger partial charge in [0.1, 0.15) is 11.5 Å². The number of aliphatic carboxylic acids is 1. The van der Waals surface area contributed by atoms with Gasteiger partial charge in [-0.1, -0.05) is 0 Å². The number of piperidine rings is 2. The maximum atomic E-state index is 12.0. The minimum atomic E-state index is -0.636. The average Bonchev–Trinajstić information content (AvgIpc) is 2.62. The minimum absolute atomic E-state index is 0.0594. The van der Waals surface area contributed by atoms with Crippen molar-refractivity contribution in [3.8, 4) is 11.5 Å². The maximum absolute atomic E-state index is 12.0. The van der Waals surface area contributed by atoms with E-state index in [1.807, 2.05) is 18.2 Å². The molecule has 6 heteroatoms. The van der Waals surface area contributed by atoms with Crippen molar-refractivity contribution < 1.29 is 19.4 Å². The van der Waals surface area contributed by atoms with Crippen LogP contribution in [0.15, 0.2) is 18.2 Å². The van der Waals surface area contributed by atoms with Crippen LogP contribution in [0.5, 0.6) is 11.5 Å². The molecule has 2 aliphatic heterocycles. The van der Waals surface area contributed by atoms with Gasteiger partial charge in [0.05, 0.1) is 19.6 Å². The van der Waals surface area contributed by atoms with Crippen LogP contribution in [0.25, 0.3) is 0 Å². The molecule has 0 aliphatic carbocycles. The highest BCUT2D eigenvalue weighted by molar-refractivity contribution is 5.76. The van der Waals surface area contributed by atoms with Gasteiger partial charge in [-0.05, 0) is 57.6 Å². The number of carbonyl (C=O) groups is 1. The van der Waals surface area contributed by atoms with E-state index in [1.165, 1.54) is 0 Å². The SMILES string of the molecule is COc1ccc(OC)c(CN2CC[C@@]3(C(=O)O)CCCN(C)[C@@H]3C2)c1. The van der Waals surface area contributed by atoms with Crippen molar-refractivity contribution in [3.63, 3.8) is 0 Å². The molecular weight excluding hydrogens is 320 g/mol. The number of rotatable bonds is 5. The summed E-state index contributed by atoms with van der Waals surface area (Å²) in [6, 6.07) is 5.88. The number of hydrogen-bond acceptors (Lipinski definition) is 5. The summed E-state index contributed by atoms with van der Waals surface area (Å²) in [5.41, 5.74) is 0.477. The van der Waals surface area contributed by atoms with Crippen molar-refractivity contribution in [3.05, 3.63) is 23.8 Å². The van der Waals surface area contributed by atoms with Crippen LogP contribution < -0.4 is 9.47 Å². The summed E-state index contributed by atoms with van der Waals surface area (Å²) in [5, 5.41) is 9.89. The highest BCUT2D eigenvalue weighted by Gasteiger charge is 2.52. The van der Waals surface area contributed by atoms with Gasteiger partial charge >= 0.3 is 5.97 Å². The Hall–Kier alpha value is -1.79. The number of benzene rings is 1. The lowest BCUT2D eigenvalue weighted by atomic mass is 9.68. The van der Waals surface area contributed by atoms with Gasteiger partial charge in [0.25, 0.3) is 0 Å². The standard InChI is InChI=1S/C19H28N2O4/c1-20-9-4-7-19(18(22)23)8-10-21(13-17(19)20)12-14-11-15(24-2)5-6-16(14)25-3/h5-6,11,17H,4,7-10,12-13H2,1-3H3,(H,22,23)/t17-,19+/m1/s1. The van der Waals surface area contributed by atoms with Crippen molar-refractivity contribution in [2.45, 2.75) is 31.8 Å². The number of ether oxygens (including phenoxy) is 2. The molecule has 0 bridgehead atoms. The summed E-state index contributed by atoms with van der Waals surface area (Å²) < 4.78 is 10.8. The van der Waals surface area contributed by atoms with E-state index in [4.69, 9.17) is 9.47 Å². The zero-order valence-electron chi connectivity index (χ0n) is 15.3. The number of fused-ring (bicyclic) bond motifs is 1. The highest BCUT2D eigenvalue weighted by Crippen LogP contribution is 2.42. The van der Waals surface area contributed by atoms with E-state index >= 15 is 0 Å². The smallest absolute Gasteiger partial charge is 0.311 e. The van der Waals surface area contributed by atoms with Gasteiger partial charge in [-0.15, -0.1) is 0 Å². The first-order valence-corrected chi connectivity index (χ1v) is 8.87. The maximum Gasteiger partial charge on any atom is 0.311 e. The Bertz CT molecular complexity index is 636. The molecule has 0 aromatic heterocycles. The molecule has 0 amide bonds. The van der Waals surface area contributed by atoms with Gasteiger partial charge in [0, 0.05) is 24.7 Å². The molecule has 2 saturated heterocycles. The number of likely N-dealkylation sites (tertiary alicyclic amines) is 2. The van der Waals surface area contributed by atoms with Crippen LogP contribution in [0.4, 0.5) is 0 Å². The Morgan fingerprint density at radius 3 is 2.76 bits per heavy atom. The van der Waals surface area contributed by atoms with E-state index in [0.29, 0.717) is 6.42 Å². The van der Waals surface area contributed by atoms with Gasteiger partial charge in [0.15, 0.2) is 0 Å². The minimum Gasteiger partial charge on any atom is -0.497 e. The van der Waals surface area contributed by atoms with Crippen LogP contribution in [0.2, 0.25) is 0 Å². The van der Waals surface area contributed by atoms with Crippen molar-refractivity contribution in [1.82, 2.24) is 9.80 Å². The highest BCUT2D eigenvalue weighted by atomic mass is 16.5. The van der Waals surface area contributed by atoms with E-state index < -0.39 is 11.4 Å². The lowest BCUT2D eigenvalue weighted by Crippen LogP contribution is -2.62. The lowest BCUT2D eigenvalue weighted by Gasteiger charge is -2.51. The van der Waals surface area contributed by atoms with Gasteiger partial charge < -0.3 is 19.5 Å². The molecule has 1 aromatic rings. The van der Waals surface area contributed by atoms with E-state index in [2.05, 4.69) is 16.8 Å². The van der Waals surface area contributed by atoms with Crippen LogP contribution >= 0.6 is 0 Å². The van der Waals surface area contributed by atoms with E-state index in [-0.39, 0.29) is 6.04 Å². The number of likely N-dealkylation sites (N-methyl/N-ethyl adjacent to an activating group) is 1. The first-order chi connectivity index (χ1) is 12.0. The van der Waals surface area contributed by atoms with Crippen molar-refractivity contribution in [2.24, 2.45) is 5.41 Å². The summed E-state index contributed by atoms with van der Waals surface area (Å²) in [7, 11) is 5.38. The fourth-order valence-electron chi connectivity index (χ4n) is 4.43. The lowest BCUT2D eigenvalue weighted by molar-refractivity contribution is -0.162. The summed E-state index contributed by atoms with van der Waals surface area (Å²) in [6.07, 6.45) is 2.44. The third kappa shape index (κ3) is 3.33. The number of carboxylic acids is 1. The molecule has 2 atom stereocenters. The number of nitrogens with zero attached hydrogens (tertiary/aromatic N) is 2. The molecule has 138 valence electrons. The second-order valence-corrected chi connectivity index (χ2v) is 7.22. The van der Waals surface area contributed by atoms with Gasteiger partial charge in [-0.3, -0.25) is 9.69 Å². The van der Waals surface area contributed by atoms with Crippen LogP contribution in [0.3, 0.4) is 0 Å². The molecule has 0 unspecified atom stereocenters. The summed E-state index contributed by atoms with van der Waals surface area (Å²) in [6.45, 7) is 3.26. The molecule has 2 fully saturated rings. The number of methoxy groups -OCH3 is 2. The Kier molecular flexibility index (Phi) is 5.20. The second-order valence-electron chi connectivity index (χ2n) is 7.22. The third-order valence-electron chi connectivity index (χ3n) is 5.92. The van der Waals surface area contributed by atoms with Crippen LogP contribution in [0.1, 0.15) is 24.8 Å². The topological polar surface area (TPSA) is 62.2 Å². The first-order valence-electron chi connectivity index (χ1n) is 8.87. The van der Waals surface area contributed by atoms with Crippen molar-refractivity contribution in [1.29, 1.82) is 0 Å². The molecule has 25 heavy (non-hydrogen) atoms. The molecule has 0 spiro atoms. The predicted octanol–water partition coefficient (Wildman–Crippen LogP) is 2.07. The summed E-state index contributed by atoms with van der Waals surface area (Å²) in [4.78, 5) is 16.6. The van der Waals surface area contributed by atoms with Crippen molar-refractivity contribution >= 4 is 5.97 Å². The molecule has 3 rings (SSSR count). The fourth-order valence-corrected chi connectivity index (χ4v) is 4.43. The normalized spacial score (nSPS) is 27.6. The zero-order valence-corrected chi connectivity index (χ0v) is 15.3. The Morgan fingerprint density at radius 1 is 1.28 bits per heavy atom. The molecule has 0 radical (unpaired) electrons. The Morgan fingerprint density at radius 2 is 2.08 bits per heavy atom. The van der Waals surface area contributed by atoms with E-state index in [9.17, 15) is 9.90 Å². The van der Waals surface area contributed by atoms with Crippen molar-refractivity contribution in [2.75, 3.05) is 40.9 Å². The molecule has 2 heterocycles. The molecule has 2 aliphatic rings. The molecule has 0 saturated carbocycles. The summed E-state index contributed by atoms with van der Waals surface area (Å²) >= 11 is 0. The predicted molar refractivity (Wildman–Crippen MR) is 95.2 cm³/mol. The average molecular weight is 348 g/mol. The van der Waals surface area contributed by atoms with Crippen LogP contribution in [0, 0.1) is 5.41 Å². The molecule has 1 aromatic carbocycles. The zero-order chi connectivity index (χ0) is 18.0. The largest absolute Gasteiger partial charge is 0.497 e. The second kappa shape index (κ2) is 7.22. The Labute approximate surface area is 149 Å². The fraction of sp³-hybridized carbons (Fsp3) is 0.632. The molecule has 6 nitrogen and oxygen atoms in total. The molecule has 1 N–H and O–H groups in total. The van der Waals surface area contributed by atoms with Gasteiger partial charge in [0.2, 0.25) is 0 Å². The van der Waals surface area contributed by atoms with Crippen LogP contribution in [-0.2, 0) is 11.3 Å². The van der Waals surface area contributed by atoms with E-state index in [1.54, 1.807) is 14.2 Å². The molecular formula is C19H28N2O4. The van der Waals surface area contributed by atoms with Gasteiger partial charge in [-0.2, -0.15) is 0 Å². The van der Waals surface area contributed by atoms with Gasteiger partial charge in [-0.25, -0.2) is 0 Å². The number of carboxylic acid groups (broad SMARTS) is 1. The third-order valence-corrected chi connectivity index (χ3v) is 5.92. The quantitative estimate of drug-likeness (QED) is 0.879. The number of hydrogen-bond donors (Lipinski definition) is 1. The van der Waals surface area contributed by atoms with Crippen LogP contribution in [-0.4, -0.2) is 67.8 Å². The Balaban J connectivity index is 1.79. The first kappa shape index (κ1) is 18.0. The summed E-state index contributed by atoms with van der Waals surface area (Å²) in [5.74, 6) is 1.01.